The highest BCUT2D eigenvalue weighted by Gasteiger charge is 2.28. The molecule has 0 aromatic heterocycles. The van der Waals surface area contributed by atoms with Crippen molar-refractivity contribution in [3.63, 3.8) is 0 Å². The van der Waals surface area contributed by atoms with Crippen molar-refractivity contribution in [2.24, 2.45) is 0 Å². The van der Waals surface area contributed by atoms with Gasteiger partial charge in [0.1, 0.15) is 0 Å². The first-order valence-corrected chi connectivity index (χ1v) is 5.31. The quantitative estimate of drug-likeness (QED) is 0.419. The smallest absolute Gasteiger partial charge is 0.194 e. The van der Waals surface area contributed by atoms with Crippen molar-refractivity contribution >= 4 is 5.71 Å². The molecular formula is C13H15NO. The van der Waals surface area contributed by atoms with E-state index in [1.165, 1.54) is 0 Å². The van der Waals surface area contributed by atoms with Crippen LogP contribution in [0.1, 0.15) is 24.8 Å². The van der Waals surface area contributed by atoms with E-state index >= 15 is 0 Å². The Morgan fingerprint density at radius 1 is 1.40 bits per heavy atom. The SMILES string of the molecule is C=CCC1CCC(c2ccccc2)=[N+]1[O-]. The van der Waals surface area contributed by atoms with Crippen LogP contribution in [0.5, 0.6) is 0 Å². The second-order valence-electron chi connectivity index (χ2n) is 3.86. The number of hydrogen-bond acceptors (Lipinski definition) is 1. The molecule has 0 spiro atoms. The summed E-state index contributed by atoms with van der Waals surface area (Å²) in [7, 11) is 0. The zero-order valence-electron chi connectivity index (χ0n) is 8.73. The lowest BCUT2D eigenvalue weighted by molar-refractivity contribution is -0.490. The maximum Gasteiger partial charge on any atom is 0.194 e. The molecule has 0 aliphatic carbocycles. The van der Waals surface area contributed by atoms with E-state index in [9.17, 15) is 5.21 Å². The van der Waals surface area contributed by atoms with Gasteiger partial charge in [0.15, 0.2) is 11.8 Å². The zero-order valence-corrected chi connectivity index (χ0v) is 8.73. The molecule has 1 aromatic carbocycles. The summed E-state index contributed by atoms with van der Waals surface area (Å²) < 4.78 is 1.16. The summed E-state index contributed by atoms with van der Waals surface area (Å²) in [5.74, 6) is 0. The maximum atomic E-state index is 11.9. The van der Waals surface area contributed by atoms with Gasteiger partial charge in [0.2, 0.25) is 0 Å². The van der Waals surface area contributed by atoms with E-state index in [0.717, 1.165) is 35.3 Å². The molecule has 0 amide bonds. The van der Waals surface area contributed by atoms with Gasteiger partial charge in [-0.2, -0.15) is 0 Å². The topological polar surface area (TPSA) is 26.1 Å². The third-order valence-electron chi connectivity index (χ3n) is 2.86. The summed E-state index contributed by atoms with van der Waals surface area (Å²) in [6, 6.07) is 9.99. The van der Waals surface area contributed by atoms with Crippen molar-refractivity contribution in [3.8, 4) is 0 Å². The van der Waals surface area contributed by atoms with Crippen LogP contribution in [0.15, 0.2) is 43.0 Å². The molecule has 1 aliphatic rings. The lowest BCUT2D eigenvalue weighted by Gasteiger charge is -2.09. The number of rotatable bonds is 3. The lowest BCUT2D eigenvalue weighted by atomic mass is 10.1. The fraction of sp³-hybridized carbons (Fsp3) is 0.308. The third-order valence-corrected chi connectivity index (χ3v) is 2.86. The van der Waals surface area contributed by atoms with Crippen LogP contribution in [0, 0.1) is 5.21 Å². The molecule has 1 heterocycles. The summed E-state index contributed by atoms with van der Waals surface area (Å²) in [6.45, 7) is 3.68. The highest BCUT2D eigenvalue weighted by molar-refractivity contribution is 5.97. The van der Waals surface area contributed by atoms with Gasteiger partial charge in [-0.1, -0.05) is 24.3 Å². The highest BCUT2D eigenvalue weighted by Crippen LogP contribution is 2.20. The molecule has 0 saturated heterocycles. The normalized spacial score (nSPS) is 20.7. The van der Waals surface area contributed by atoms with Crippen LogP contribution in [0.25, 0.3) is 0 Å². The summed E-state index contributed by atoms with van der Waals surface area (Å²) in [5, 5.41) is 11.9. The summed E-state index contributed by atoms with van der Waals surface area (Å²) in [4.78, 5) is 0. The first kappa shape index (κ1) is 9.97. The molecule has 1 atom stereocenters. The standard InChI is InChI=1S/C13H15NO/c1-2-6-12-9-10-13(14(12)15)11-7-4-3-5-8-11/h2-5,7-8,12H,1,6,9-10H2. The van der Waals surface area contributed by atoms with E-state index in [1.54, 1.807) is 0 Å². The zero-order chi connectivity index (χ0) is 10.7. The van der Waals surface area contributed by atoms with E-state index in [4.69, 9.17) is 0 Å². The van der Waals surface area contributed by atoms with Crippen molar-refractivity contribution in [1.29, 1.82) is 0 Å². The first-order chi connectivity index (χ1) is 7.33. The van der Waals surface area contributed by atoms with Gasteiger partial charge in [0.25, 0.3) is 0 Å². The molecule has 78 valence electrons. The second kappa shape index (κ2) is 4.30. The van der Waals surface area contributed by atoms with Crippen molar-refractivity contribution in [3.05, 3.63) is 53.8 Å². The van der Waals surface area contributed by atoms with Gasteiger partial charge in [-0.05, 0) is 12.1 Å². The number of hydrogen-bond donors (Lipinski definition) is 0. The van der Waals surface area contributed by atoms with Crippen molar-refractivity contribution < 1.29 is 4.74 Å². The Labute approximate surface area is 90.1 Å². The number of nitrogens with zero attached hydrogens (tertiary/aromatic N) is 1. The van der Waals surface area contributed by atoms with Gasteiger partial charge >= 0.3 is 0 Å². The number of hydroxylamine groups is 1. The van der Waals surface area contributed by atoms with Crippen LogP contribution in [-0.4, -0.2) is 16.5 Å². The highest BCUT2D eigenvalue weighted by atomic mass is 16.5. The van der Waals surface area contributed by atoms with Gasteiger partial charge in [0, 0.05) is 24.8 Å². The molecule has 2 nitrogen and oxygen atoms in total. The molecule has 0 saturated carbocycles. The van der Waals surface area contributed by atoms with Gasteiger partial charge in [-0.3, -0.25) is 0 Å². The Morgan fingerprint density at radius 2 is 2.13 bits per heavy atom. The molecule has 2 rings (SSSR count). The molecule has 0 bridgehead atoms. The largest absolute Gasteiger partial charge is 0.623 e. The van der Waals surface area contributed by atoms with Gasteiger partial charge in [-0.25, -0.2) is 4.74 Å². The summed E-state index contributed by atoms with van der Waals surface area (Å²) in [5.41, 5.74) is 1.97. The van der Waals surface area contributed by atoms with Gasteiger partial charge in [0.05, 0.1) is 0 Å². The van der Waals surface area contributed by atoms with Crippen molar-refractivity contribution in [2.75, 3.05) is 0 Å². The van der Waals surface area contributed by atoms with E-state index in [1.807, 2.05) is 36.4 Å². The molecule has 2 heteroatoms. The minimum atomic E-state index is 0.0951. The molecule has 15 heavy (non-hydrogen) atoms. The summed E-state index contributed by atoms with van der Waals surface area (Å²) in [6.07, 6.45) is 4.43. The molecule has 1 unspecified atom stereocenters. The number of benzene rings is 1. The molecular weight excluding hydrogens is 186 g/mol. The second-order valence-corrected chi connectivity index (χ2v) is 3.86. The van der Waals surface area contributed by atoms with Crippen molar-refractivity contribution in [2.45, 2.75) is 25.3 Å². The van der Waals surface area contributed by atoms with Crippen LogP contribution in [0.4, 0.5) is 0 Å². The van der Waals surface area contributed by atoms with E-state index < -0.39 is 0 Å². The predicted octanol–water partition coefficient (Wildman–Crippen LogP) is 2.72. The molecule has 1 aliphatic heterocycles. The Morgan fingerprint density at radius 3 is 2.80 bits per heavy atom. The van der Waals surface area contributed by atoms with E-state index in [-0.39, 0.29) is 6.04 Å². The fourth-order valence-corrected chi connectivity index (χ4v) is 2.06. The minimum absolute atomic E-state index is 0.0951. The minimum Gasteiger partial charge on any atom is -0.623 e. The van der Waals surface area contributed by atoms with E-state index in [2.05, 4.69) is 6.58 Å². The van der Waals surface area contributed by atoms with E-state index in [0.29, 0.717) is 0 Å². The van der Waals surface area contributed by atoms with Crippen LogP contribution in [-0.2, 0) is 0 Å². The van der Waals surface area contributed by atoms with Crippen LogP contribution in [0.2, 0.25) is 0 Å². The Hall–Kier alpha value is -1.57. The van der Waals surface area contributed by atoms with Crippen LogP contribution in [0.3, 0.4) is 0 Å². The molecule has 0 radical (unpaired) electrons. The fourth-order valence-electron chi connectivity index (χ4n) is 2.06. The Balaban J connectivity index is 2.27. The third kappa shape index (κ3) is 1.94. The summed E-state index contributed by atoms with van der Waals surface area (Å²) >= 11 is 0. The monoisotopic (exact) mass is 201 g/mol. The molecule has 0 N–H and O–H groups in total. The van der Waals surface area contributed by atoms with Gasteiger partial charge < -0.3 is 5.21 Å². The molecule has 0 fully saturated rings. The van der Waals surface area contributed by atoms with Crippen molar-refractivity contribution in [1.82, 2.24) is 0 Å². The lowest BCUT2D eigenvalue weighted by Crippen LogP contribution is -2.18. The average molecular weight is 201 g/mol. The predicted molar refractivity (Wildman–Crippen MR) is 62.0 cm³/mol. The molecule has 1 aromatic rings. The average Bonchev–Trinajstić information content (AvgIpc) is 2.63. The Kier molecular flexibility index (Phi) is 2.86. The Bertz CT molecular complexity index is 381. The maximum absolute atomic E-state index is 11.9. The van der Waals surface area contributed by atoms with Gasteiger partial charge in [-0.15, -0.1) is 6.58 Å². The van der Waals surface area contributed by atoms with Crippen LogP contribution < -0.4 is 0 Å². The van der Waals surface area contributed by atoms with Crippen LogP contribution >= 0.6 is 0 Å². The first-order valence-electron chi connectivity index (χ1n) is 5.31.